The number of urea groups is 1. The molecule has 0 saturated heterocycles. The molecule has 0 aromatic heterocycles. The fraction of sp³-hybridized carbons (Fsp3) is 0.111. The number of nitrogens with one attached hydrogen (secondary N) is 2. The molecule has 1 heterocycles. The number of amides is 2. The number of hydrogen-bond acceptors (Lipinski definition) is 2. The summed E-state index contributed by atoms with van der Waals surface area (Å²) in [6.07, 6.45) is 0. The molecule has 1 atom stereocenters. The summed E-state index contributed by atoms with van der Waals surface area (Å²) in [6, 6.07) is 15.3. The van der Waals surface area contributed by atoms with Crippen LogP contribution in [0.3, 0.4) is 0 Å². The Labute approximate surface area is 139 Å². The summed E-state index contributed by atoms with van der Waals surface area (Å²) in [7, 11) is 0. The lowest BCUT2D eigenvalue weighted by molar-refractivity contribution is 0.102. The summed E-state index contributed by atoms with van der Waals surface area (Å²) in [5.41, 5.74) is 2.47. The maximum Gasteiger partial charge on any atom is 0.319 e. The minimum atomic E-state index is -0.506. The van der Waals surface area contributed by atoms with Crippen LogP contribution in [0.4, 0.5) is 4.79 Å². The van der Waals surface area contributed by atoms with Gasteiger partial charge < -0.3 is 10.6 Å². The van der Waals surface area contributed by atoms with Gasteiger partial charge in [0, 0.05) is 21.9 Å². The van der Waals surface area contributed by atoms with E-state index in [-0.39, 0.29) is 11.8 Å². The molecule has 0 saturated carbocycles. The van der Waals surface area contributed by atoms with E-state index >= 15 is 0 Å². The first-order chi connectivity index (χ1) is 11.1. The first kappa shape index (κ1) is 15.3. The zero-order valence-electron chi connectivity index (χ0n) is 12.5. The number of halogens is 1. The molecule has 3 rings (SSSR count). The van der Waals surface area contributed by atoms with Crippen molar-refractivity contribution in [3.05, 3.63) is 82.0 Å². The average Bonchev–Trinajstić information content (AvgIpc) is 2.55. The van der Waals surface area contributed by atoms with Crippen molar-refractivity contribution in [1.29, 1.82) is 0 Å². The largest absolute Gasteiger partial charge is 0.327 e. The molecule has 0 spiro atoms. The quantitative estimate of drug-likeness (QED) is 0.842. The van der Waals surface area contributed by atoms with Crippen molar-refractivity contribution in [2.45, 2.75) is 13.0 Å². The van der Waals surface area contributed by atoms with Crippen molar-refractivity contribution in [3.8, 4) is 0 Å². The van der Waals surface area contributed by atoms with Crippen molar-refractivity contribution >= 4 is 23.4 Å². The zero-order valence-corrected chi connectivity index (χ0v) is 13.2. The molecule has 2 aromatic rings. The highest BCUT2D eigenvalue weighted by atomic mass is 35.5. The van der Waals surface area contributed by atoms with E-state index in [9.17, 15) is 9.59 Å². The second kappa shape index (κ2) is 6.26. The Balaban J connectivity index is 2.06. The molecule has 5 heteroatoms. The molecular weight excluding hydrogens is 312 g/mol. The molecule has 0 aliphatic carbocycles. The van der Waals surface area contributed by atoms with Crippen LogP contribution in [0.25, 0.3) is 0 Å². The van der Waals surface area contributed by atoms with Gasteiger partial charge in [0.05, 0.1) is 6.04 Å². The summed E-state index contributed by atoms with van der Waals surface area (Å²) < 4.78 is 0. The number of benzene rings is 2. The Morgan fingerprint density at radius 2 is 1.70 bits per heavy atom. The van der Waals surface area contributed by atoms with Gasteiger partial charge in [-0.1, -0.05) is 54.1 Å². The predicted molar refractivity (Wildman–Crippen MR) is 89.3 cm³/mol. The van der Waals surface area contributed by atoms with E-state index in [4.69, 9.17) is 11.6 Å². The predicted octanol–water partition coefficient (Wildman–Crippen LogP) is 3.85. The first-order valence-electron chi connectivity index (χ1n) is 7.20. The van der Waals surface area contributed by atoms with Gasteiger partial charge in [-0.05, 0) is 24.6 Å². The normalized spacial score (nSPS) is 17.5. The van der Waals surface area contributed by atoms with E-state index in [1.807, 2.05) is 30.3 Å². The lowest BCUT2D eigenvalue weighted by Gasteiger charge is -2.28. The second-order valence-electron chi connectivity index (χ2n) is 5.32. The van der Waals surface area contributed by atoms with Gasteiger partial charge >= 0.3 is 6.03 Å². The number of Topliss-reactive ketones (excluding diaryl/α,β-unsaturated/α-hetero) is 1. The molecule has 2 N–H and O–H groups in total. The van der Waals surface area contributed by atoms with Gasteiger partial charge in [0.25, 0.3) is 0 Å². The first-order valence-corrected chi connectivity index (χ1v) is 7.57. The van der Waals surface area contributed by atoms with Crippen LogP contribution in [-0.2, 0) is 0 Å². The lowest BCUT2D eigenvalue weighted by Crippen LogP contribution is -2.45. The molecule has 1 aliphatic heterocycles. The summed E-state index contributed by atoms with van der Waals surface area (Å²) in [5.74, 6) is -0.115. The highest BCUT2D eigenvalue weighted by molar-refractivity contribution is 6.30. The molecule has 0 bridgehead atoms. The molecule has 1 aliphatic rings. The molecule has 116 valence electrons. The summed E-state index contributed by atoms with van der Waals surface area (Å²) in [6.45, 7) is 1.73. The van der Waals surface area contributed by atoms with Gasteiger partial charge in [-0.2, -0.15) is 0 Å². The smallest absolute Gasteiger partial charge is 0.319 e. The van der Waals surface area contributed by atoms with Crippen molar-refractivity contribution in [2.75, 3.05) is 0 Å². The number of rotatable bonds is 3. The Morgan fingerprint density at radius 3 is 2.35 bits per heavy atom. The van der Waals surface area contributed by atoms with E-state index in [0.717, 1.165) is 5.56 Å². The third-order valence-electron chi connectivity index (χ3n) is 3.75. The van der Waals surface area contributed by atoms with E-state index in [1.165, 1.54) is 0 Å². The van der Waals surface area contributed by atoms with Crippen LogP contribution in [0.15, 0.2) is 65.9 Å². The number of carbonyl (C=O) groups excluding carboxylic acids is 2. The average molecular weight is 327 g/mol. The minimum absolute atomic E-state index is 0.115. The number of carbonyl (C=O) groups is 2. The molecular formula is C18H15ClN2O2. The molecule has 0 radical (unpaired) electrons. The molecule has 0 fully saturated rings. The Bertz CT molecular complexity index is 782. The van der Waals surface area contributed by atoms with Crippen LogP contribution in [0.5, 0.6) is 0 Å². The van der Waals surface area contributed by atoms with Crippen LogP contribution in [0, 0.1) is 0 Å². The molecule has 4 nitrogen and oxygen atoms in total. The van der Waals surface area contributed by atoms with Gasteiger partial charge in [-0.3, -0.25) is 4.79 Å². The summed E-state index contributed by atoms with van der Waals surface area (Å²) in [5, 5.41) is 6.09. The van der Waals surface area contributed by atoms with Crippen molar-refractivity contribution in [2.24, 2.45) is 0 Å². The number of allylic oxidation sites excluding steroid dienone is 1. The Kier molecular flexibility index (Phi) is 4.17. The zero-order chi connectivity index (χ0) is 16.4. The van der Waals surface area contributed by atoms with Crippen molar-refractivity contribution in [3.63, 3.8) is 0 Å². The number of hydrogen-bond donors (Lipinski definition) is 2. The Morgan fingerprint density at radius 1 is 1.04 bits per heavy atom. The molecule has 23 heavy (non-hydrogen) atoms. The maximum absolute atomic E-state index is 12.9. The van der Waals surface area contributed by atoms with Gasteiger partial charge in [-0.15, -0.1) is 0 Å². The van der Waals surface area contributed by atoms with Gasteiger partial charge in [0.2, 0.25) is 0 Å². The molecule has 0 unspecified atom stereocenters. The number of ketones is 1. The summed E-state index contributed by atoms with van der Waals surface area (Å²) >= 11 is 5.92. The van der Waals surface area contributed by atoms with Crippen LogP contribution < -0.4 is 10.6 Å². The van der Waals surface area contributed by atoms with Gasteiger partial charge in [0.1, 0.15) is 0 Å². The van der Waals surface area contributed by atoms with Gasteiger partial charge in [0.15, 0.2) is 5.78 Å². The van der Waals surface area contributed by atoms with Gasteiger partial charge in [-0.25, -0.2) is 4.79 Å². The highest BCUT2D eigenvalue weighted by Crippen LogP contribution is 2.30. The molecule has 2 amide bonds. The minimum Gasteiger partial charge on any atom is -0.327 e. The second-order valence-corrected chi connectivity index (χ2v) is 5.75. The lowest BCUT2D eigenvalue weighted by atomic mass is 9.90. The Hall–Kier alpha value is -2.59. The van der Waals surface area contributed by atoms with E-state index in [2.05, 4.69) is 10.6 Å². The van der Waals surface area contributed by atoms with E-state index in [0.29, 0.717) is 21.9 Å². The topological polar surface area (TPSA) is 58.2 Å². The fourth-order valence-corrected chi connectivity index (χ4v) is 2.77. The third-order valence-corrected chi connectivity index (χ3v) is 4.01. The van der Waals surface area contributed by atoms with Crippen LogP contribution >= 0.6 is 11.6 Å². The van der Waals surface area contributed by atoms with Crippen LogP contribution in [0.1, 0.15) is 28.9 Å². The van der Waals surface area contributed by atoms with E-state index < -0.39 is 6.04 Å². The van der Waals surface area contributed by atoms with E-state index in [1.54, 1.807) is 31.2 Å². The van der Waals surface area contributed by atoms with Crippen molar-refractivity contribution in [1.82, 2.24) is 10.6 Å². The summed E-state index contributed by atoms with van der Waals surface area (Å²) in [4.78, 5) is 24.7. The maximum atomic E-state index is 12.9. The highest BCUT2D eigenvalue weighted by Gasteiger charge is 2.31. The molecule has 2 aromatic carbocycles. The van der Waals surface area contributed by atoms with Crippen LogP contribution in [-0.4, -0.2) is 11.8 Å². The van der Waals surface area contributed by atoms with Crippen molar-refractivity contribution < 1.29 is 9.59 Å². The monoisotopic (exact) mass is 326 g/mol. The standard InChI is InChI=1S/C18H15ClN2O2/c1-11-15(17(22)13-5-3-2-4-6-13)16(21-18(23)20-11)12-7-9-14(19)10-8-12/h2-10,16H,1H3,(H2,20,21,23)/t16-/m0/s1. The SMILES string of the molecule is CC1=C(C(=O)c2ccccc2)[C@H](c2ccc(Cl)cc2)NC(=O)N1. The third kappa shape index (κ3) is 3.12. The fourth-order valence-electron chi connectivity index (χ4n) is 2.65. The van der Waals surface area contributed by atoms with Crippen LogP contribution in [0.2, 0.25) is 5.02 Å².